The Kier molecular flexibility index (Phi) is 8.71. The molecule has 15 heteroatoms. The van der Waals surface area contributed by atoms with Gasteiger partial charge in [-0.15, -0.1) is 0 Å². The number of ether oxygens (including phenoxy) is 6. The van der Waals surface area contributed by atoms with E-state index in [-0.39, 0.29) is 11.5 Å². The molecule has 0 radical (unpaired) electrons. The Hall–Kier alpha value is -4.91. The number of aliphatic hydroxyl groups excluding tert-OH is 8. The fraction of sp³-hybridized carbons (Fsp3) is 0.325. The van der Waals surface area contributed by atoms with Gasteiger partial charge in [-0.3, -0.25) is 0 Å². The van der Waals surface area contributed by atoms with Crippen molar-refractivity contribution in [3.05, 3.63) is 107 Å². The monoisotopic (exact) mass is 756 g/mol. The lowest BCUT2D eigenvalue weighted by Gasteiger charge is -2.39. The molecule has 4 aliphatic rings. The second-order valence-electron chi connectivity index (χ2n) is 14.0. The smallest absolute Gasteiger partial charge is 0.340 e. The molecule has 0 bridgehead atoms. The fourth-order valence-electron chi connectivity index (χ4n) is 7.94. The molecule has 1 unspecified atom stereocenters. The molecule has 15 nitrogen and oxygen atoms in total. The number of rotatable bonds is 6. The average molecular weight is 757 g/mol. The summed E-state index contributed by atoms with van der Waals surface area (Å²) in [6, 6.07) is 24.4. The lowest BCUT2D eigenvalue weighted by molar-refractivity contribution is -0.277. The summed E-state index contributed by atoms with van der Waals surface area (Å²) in [6.45, 7) is -1.21. The number of hydrogen-bond acceptors (Lipinski definition) is 15. The Balaban J connectivity index is 1.13. The van der Waals surface area contributed by atoms with Crippen molar-refractivity contribution in [1.82, 2.24) is 0 Å². The van der Waals surface area contributed by atoms with Crippen LogP contribution in [0, 0.1) is 0 Å². The number of carbonyl (C=O) groups is 1. The highest BCUT2D eigenvalue weighted by atomic mass is 16.7. The number of fused-ring (bicyclic) bond motifs is 10. The van der Waals surface area contributed by atoms with Crippen LogP contribution in [0.15, 0.2) is 84.9 Å². The van der Waals surface area contributed by atoms with Gasteiger partial charge >= 0.3 is 5.97 Å². The van der Waals surface area contributed by atoms with Crippen LogP contribution >= 0.6 is 0 Å². The minimum atomic E-state index is -1.62. The Morgan fingerprint density at radius 3 is 1.55 bits per heavy atom. The lowest BCUT2D eigenvalue weighted by atomic mass is 9.76. The third-order valence-corrected chi connectivity index (χ3v) is 10.8. The van der Waals surface area contributed by atoms with E-state index >= 15 is 0 Å². The van der Waals surface area contributed by atoms with Gasteiger partial charge in [0.25, 0.3) is 0 Å². The molecule has 2 saturated heterocycles. The number of aliphatic hydroxyl groups is 8. The number of carbonyl (C=O) groups excluding carboxylic acids is 1. The molecular weight excluding hydrogens is 720 g/mol. The highest BCUT2D eigenvalue weighted by molar-refractivity contribution is 6.01. The first kappa shape index (κ1) is 35.8. The molecule has 0 aliphatic carbocycles. The molecule has 5 aromatic rings. The molecule has 55 heavy (non-hydrogen) atoms. The van der Waals surface area contributed by atoms with Crippen LogP contribution in [0.4, 0.5) is 0 Å². The van der Waals surface area contributed by atoms with Crippen LogP contribution in [0.25, 0.3) is 21.5 Å². The van der Waals surface area contributed by atoms with E-state index in [9.17, 15) is 45.6 Å². The maximum atomic E-state index is 13.5. The molecular formula is C40H36O15. The quantitative estimate of drug-likeness (QED) is 0.113. The molecule has 2 fully saturated rings. The normalized spacial score (nSPS) is 32.4. The van der Waals surface area contributed by atoms with Gasteiger partial charge in [-0.1, -0.05) is 30.3 Å². The van der Waals surface area contributed by atoms with E-state index in [0.717, 1.165) is 0 Å². The van der Waals surface area contributed by atoms with E-state index in [1.165, 1.54) is 0 Å². The number of esters is 1. The van der Waals surface area contributed by atoms with Crippen LogP contribution in [-0.2, 0) is 19.8 Å². The summed E-state index contributed by atoms with van der Waals surface area (Å²) in [5.41, 5.74) is 0.740. The first-order chi connectivity index (χ1) is 26.5. The third kappa shape index (κ3) is 5.47. The van der Waals surface area contributed by atoms with Gasteiger partial charge in [-0.2, -0.15) is 0 Å². The predicted octanol–water partition coefficient (Wildman–Crippen LogP) is 0.918. The van der Waals surface area contributed by atoms with Gasteiger partial charge in [0.1, 0.15) is 71.8 Å². The van der Waals surface area contributed by atoms with E-state index in [0.29, 0.717) is 55.3 Å². The Morgan fingerprint density at radius 2 is 1.05 bits per heavy atom. The summed E-state index contributed by atoms with van der Waals surface area (Å²) in [4.78, 5) is 13.5. The Bertz CT molecular complexity index is 2180. The Labute approximate surface area is 311 Å². The molecule has 0 saturated carbocycles. The molecule has 0 aromatic heterocycles. The summed E-state index contributed by atoms with van der Waals surface area (Å²) in [7, 11) is 0. The number of benzene rings is 5. The van der Waals surface area contributed by atoms with E-state index in [2.05, 4.69) is 0 Å². The van der Waals surface area contributed by atoms with E-state index in [4.69, 9.17) is 28.4 Å². The molecule has 11 atom stereocenters. The summed E-state index contributed by atoms with van der Waals surface area (Å²) < 4.78 is 36.0. The van der Waals surface area contributed by atoms with Crippen LogP contribution in [-0.4, -0.2) is 121 Å². The van der Waals surface area contributed by atoms with Gasteiger partial charge in [-0.05, 0) is 65.4 Å². The van der Waals surface area contributed by atoms with Gasteiger partial charge in [0.05, 0.1) is 18.8 Å². The minimum absolute atomic E-state index is 0.248. The third-order valence-electron chi connectivity index (χ3n) is 10.8. The number of hydrogen-bond donors (Lipinski definition) is 8. The summed E-state index contributed by atoms with van der Waals surface area (Å²) >= 11 is 0. The van der Waals surface area contributed by atoms with Crippen LogP contribution in [0.1, 0.15) is 27.0 Å². The molecule has 286 valence electrons. The molecule has 4 aliphatic heterocycles. The van der Waals surface area contributed by atoms with Gasteiger partial charge in [0, 0.05) is 27.5 Å². The van der Waals surface area contributed by atoms with Crippen LogP contribution in [0.3, 0.4) is 0 Å². The highest BCUT2D eigenvalue weighted by Gasteiger charge is 2.54. The minimum Gasteiger partial charge on any atom is -0.462 e. The topological polar surface area (TPSA) is 234 Å². The maximum absolute atomic E-state index is 13.5. The largest absolute Gasteiger partial charge is 0.462 e. The Morgan fingerprint density at radius 1 is 0.564 bits per heavy atom. The second-order valence-corrected chi connectivity index (χ2v) is 14.0. The van der Waals surface area contributed by atoms with Crippen molar-refractivity contribution in [3.8, 4) is 23.0 Å². The summed E-state index contributed by atoms with van der Waals surface area (Å²) in [5.74, 6) is 0.766. The molecule has 4 heterocycles. The highest BCUT2D eigenvalue weighted by Crippen LogP contribution is 2.59. The molecule has 0 amide bonds. The molecule has 1 spiro atoms. The van der Waals surface area contributed by atoms with Gasteiger partial charge < -0.3 is 69.3 Å². The first-order valence-electron chi connectivity index (χ1n) is 17.6. The van der Waals surface area contributed by atoms with Gasteiger partial charge in [0.15, 0.2) is 5.60 Å². The van der Waals surface area contributed by atoms with Crippen molar-refractivity contribution < 1.29 is 74.1 Å². The first-order valence-corrected chi connectivity index (χ1v) is 17.6. The van der Waals surface area contributed by atoms with Crippen molar-refractivity contribution in [1.29, 1.82) is 0 Å². The zero-order chi connectivity index (χ0) is 38.3. The van der Waals surface area contributed by atoms with Crippen LogP contribution in [0.2, 0.25) is 0 Å². The lowest BCUT2D eigenvalue weighted by Crippen LogP contribution is -2.60. The molecule has 5 aromatic carbocycles. The zero-order valence-electron chi connectivity index (χ0n) is 28.7. The van der Waals surface area contributed by atoms with E-state index < -0.39 is 86.2 Å². The fourth-order valence-corrected chi connectivity index (χ4v) is 7.94. The van der Waals surface area contributed by atoms with E-state index in [1.54, 1.807) is 60.7 Å². The van der Waals surface area contributed by atoms with Crippen LogP contribution in [0.5, 0.6) is 23.0 Å². The van der Waals surface area contributed by atoms with Crippen molar-refractivity contribution in [3.63, 3.8) is 0 Å². The summed E-state index contributed by atoms with van der Waals surface area (Å²) in [5, 5.41) is 83.7. The van der Waals surface area contributed by atoms with Gasteiger partial charge in [-0.25, -0.2) is 4.79 Å². The predicted molar refractivity (Wildman–Crippen MR) is 188 cm³/mol. The van der Waals surface area contributed by atoms with Crippen molar-refractivity contribution in [2.24, 2.45) is 0 Å². The molecule has 8 N–H and O–H groups in total. The van der Waals surface area contributed by atoms with E-state index in [1.807, 2.05) is 24.3 Å². The zero-order valence-corrected chi connectivity index (χ0v) is 28.7. The standard InChI is InChI=1S/C40H36O15/c41-15-27-29(43)31(45)33(47)38(52-27)50-19-7-9-21-17(13-19)5-11-25-35(21)54-36-22-10-8-20(51-39-34(48)32(46)30(44)28(16-42)53-39)14-18(22)6-12-26(36)40(25)24-4-2-1-3-23(24)37(49)55-40/h1-14,27-34,38-39,41-48H,15-16H2/t27-,28+,29-,30-,31+,32+,33-,34-,38-,39+,40?/m0/s1. The second kappa shape index (κ2) is 13.4. The SMILES string of the molecule is O=C1OC2(c3ccccc31)c1ccc3cc(O[C@H]4O[C@@H](CO)[C@H](O)[C@@H](O)[C@@H]4O)ccc3c1Oc1c2ccc2cc(O[C@@H]3O[C@H](CO)[C@H](O)[C@@H](O)[C@@H]3O)ccc12. The van der Waals surface area contributed by atoms with Crippen LogP contribution < -0.4 is 14.2 Å². The van der Waals surface area contributed by atoms with Crippen molar-refractivity contribution >= 4 is 27.5 Å². The van der Waals surface area contributed by atoms with Crippen molar-refractivity contribution in [2.45, 2.75) is 67.0 Å². The average Bonchev–Trinajstić information content (AvgIpc) is 3.49. The summed E-state index contributed by atoms with van der Waals surface area (Å²) in [6.07, 6.45) is -14.6. The van der Waals surface area contributed by atoms with Gasteiger partial charge in [0.2, 0.25) is 12.6 Å². The molecule has 9 rings (SSSR count). The maximum Gasteiger partial charge on any atom is 0.340 e. The van der Waals surface area contributed by atoms with Crippen molar-refractivity contribution in [2.75, 3.05) is 13.2 Å².